The SMILES string of the molecule is CCCCC/C=C\CC[C@H](O)CCCCCCCC(=O)Oc1ccc2ccc(=O)oc2c1. The van der Waals surface area contributed by atoms with E-state index in [1.165, 1.54) is 25.3 Å². The zero-order chi connectivity index (χ0) is 23.0. The first-order valence-corrected chi connectivity index (χ1v) is 12.2. The molecule has 0 aliphatic carbocycles. The Balaban J connectivity index is 1.49. The lowest BCUT2D eigenvalue weighted by atomic mass is 10.0. The second kappa shape index (κ2) is 15.4. The smallest absolute Gasteiger partial charge is 0.336 e. The summed E-state index contributed by atoms with van der Waals surface area (Å²) in [6, 6.07) is 8.08. The second-order valence-corrected chi connectivity index (χ2v) is 8.43. The van der Waals surface area contributed by atoms with Crippen molar-refractivity contribution < 1.29 is 19.1 Å². The van der Waals surface area contributed by atoms with E-state index < -0.39 is 5.63 Å². The van der Waals surface area contributed by atoms with E-state index in [9.17, 15) is 14.7 Å². The van der Waals surface area contributed by atoms with E-state index in [1.807, 2.05) is 0 Å². The Morgan fingerprint density at radius 1 is 0.969 bits per heavy atom. The number of hydrogen-bond donors (Lipinski definition) is 1. The predicted molar refractivity (Wildman–Crippen MR) is 129 cm³/mol. The minimum Gasteiger partial charge on any atom is -0.426 e. The number of hydrogen-bond acceptors (Lipinski definition) is 5. The molecule has 0 saturated heterocycles. The Labute approximate surface area is 191 Å². The van der Waals surface area contributed by atoms with E-state index in [-0.39, 0.29) is 12.1 Å². The lowest BCUT2D eigenvalue weighted by Crippen LogP contribution is -2.07. The van der Waals surface area contributed by atoms with E-state index >= 15 is 0 Å². The average molecular weight is 443 g/mol. The molecule has 1 aromatic heterocycles. The van der Waals surface area contributed by atoms with Crippen LogP contribution >= 0.6 is 0 Å². The maximum Gasteiger partial charge on any atom is 0.336 e. The zero-order valence-electron chi connectivity index (χ0n) is 19.4. The molecule has 1 atom stereocenters. The molecule has 1 aromatic carbocycles. The molecule has 0 radical (unpaired) electrons. The van der Waals surface area contributed by atoms with Crippen LogP contribution in [-0.4, -0.2) is 17.2 Å². The highest BCUT2D eigenvalue weighted by molar-refractivity contribution is 5.79. The highest BCUT2D eigenvalue weighted by atomic mass is 16.5. The molecule has 0 spiro atoms. The maximum atomic E-state index is 12.0. The van der Waals surface area contributed by atoms with Crippen molar-refractivity contribution >= 4 is 16.9 Å². The Morgan fingerprint density at radius 2 is 1.72 bits per heavy atom. The van der Waals surface area contributed by atoms with Crippen LogP contribution in [0.3, 0.4) is 0 Å². The van der Waals surface area contributed by atoms with Gasteiger partial charge in [-0.3, -0.25) is 4.79 Å². The Bertz CT molecular complexity index is 883. The van der Waals surface area contributed by atoms with Gasteiger partial charge < -0.3 is 14.3 Å². The second-order valence-electron chi connectivity index (χ2n) is 8.43. The van der Waals surface area contributed by atoms with Gasteiger partial charge in [-0.1, -0.05) is 57.6 Å². The number of carbonyl (C=O) groups is 1. The van der Waals surface area contributed by atoms with Crippen molar-refractivity contribution in [1.82, 2.24) is 0 Å². The highest BCUT2D eigenvalue weighted by Crippen LogP contribution is 2.20. The molecule has 2 aromatic rings. The number of esters is 1. The molecule has 0 fully saturated rings. The summed E-state index contributed by atoms with van der Waals surface area (Å²) in [7, 11) is 0. The predicted octanol–water partition coefficient (Wildman–Crippen LogP) is 6.71. The van der Waals surface area contributed by atoms with E-state index in [1.54, 1.807) is 24.3 Å². The zero-order valence-corrected chi connectivity index (χ0v) is 19.4. The first-order chi connectivity index (χ1) is 15.6. The largest absolute Gasteiger partial charge is 0.426 e. The van der Waals surface area contributed by atoms with Crippen LogP contribution in [0, 0.1) is 0 Å². The molecule has 176 valence electrons. The average Bonchev–Trinajstić information content (AvgIpc) is 2.77. The van der Waals surface area contributed by atoms with Crippen molar-refractivity contribution in [3.63, 3.8) is 0 Å². The fourth-order valence-corrected chi connectivity index (χ4v) is 3.65. The molecular formula is C27H38O5. The first kappa shape index (κ1) is 25.9. The minimum atomic E-state index is -0.428. The molecule has 2 rings (SSSR count). The Morgan fingerprint density at radius 3 is 2.56 bits per heavy atom. The molecule has 0 unspecified atom stereocenters. The number of allylic oxidation sites excluding steroid dienone is 2. The summed E-state index contributed by atoms with van der Waals surface area (Å²) in [5.74, 6) is 0.113. The van der Waals surface area contributed by atoms with Gasteiger partial charge in [0.05, 0.1) is 6.10 Å². The van der Waals surface area contributed by atoms with Gasteiger partial charge in [-0.15, -0.1) is 0 Å². The van der Waals surface area contributed by atoms with Crippen molar-refractivity contribution in [1.29, 1.82) is 0 Å². The molecule has 0 saturated carbocycles. The standard InChI is InChI=1S/C27H38O5/c1-2-3-4-5-6-8-11-14-23(28)15-12-9-7-10-13-16-26(29)31-24-19-17-22-18-20-27(30)32-25(22)21-24/h6,8,17-21,23,28H,2-5,7,9-16H2,1H3/b8-6-/t23-/m0/s1. The molecule has 32 heavy (non-hydrogen) atoms. The van der Waals surface area contributed by atoms with Gasteiger partial charge in [0.1, 0.15) is 11.3 Å². The summed E-state index contributed by atoms with van der Waals surface area (Å²) in [6.45, 7) is 2.21. The Kier molecular flexibility index (Phi) is 12.5. The number of carbonyl (C=O) groups excluding carboxylic acids is 1. The van der Waals surface area contributed by atoms with Crippen LogP contribution in [0.2, 0.25) is 0 Å². The monoisotopic (exact) mass is 442 g/mol. The number of rotatable bonds is 16. The van der Waals surface area contributed by atoms with Crippen molar-refractivity contribution in [2.24, 2.45) is 0 Å². The van der Waals surface area contributed by atoms with Gasteiger partial charge in [-0.05, 0) is 56.7 Å². The number of fused-ring (bicyclic) bond motifs is 1. The van der Waals surface area contributed by atoms with E-state index in [4.69, 9.17) is 9.15 Å². The summed E-state index contributed by atoms with van der Waals surface area (Å²) < 4.78 is 10.5. The molecule has 0 bridgehead atoms. The van der Waals surface area contributed by atoms with Crippen LogP contribution in [0.25, 0.3) is 11.0 Å². The van der Waals surface area contributed by atoms with Gasteiger partial charge in [0.25, 0.3) is 0 Å². The van der Waals surface area contributed by atoms with Crippen LogP contribution in [0.5, 0.6) is 5.75 Å². The van der Waals surface area contributed by atoms with Crippen molar-refractivity contribution in [2.45, 2.75) is 96.5 Å². The van der Waals surface area contributed by atoms with Gasteiger partial charge in [0.15, 0.2) is 0 Å². The lowest BCUT2D eigenvalue weighted by molar-refractivity contribution is -0.134. The molecule has 5 heteroatoms. The van der Waals surface area contributed by atoms with Gasteiger partial charge in [-0.25, -0.2) is 4.79 Å². The third-order valence-electron chi connectivity index (χ3n) is 5.55. The third kappa shape index (κ3) is 10.8. The Hall–Kier alpha value is -2.40. The number of aliphatic hydroxyl groups is 1. The van der Waals surface area contributed by atoms with Crippen molar-refractivity contribution in [3.05, 3.63) is 52.9 Å². The fourth-order valence-electron chi connectivity index (χ4n) is 3.65. The van der Waals surface area contributed by atoms with E-state index in [2.05, 4.69) is 19.1 Å². The van der Waals surface area contributed by atoms with Gasteiger partial charge in [0.2, 0.25) is 0 Å². The molecule has 0 aliphatic heterocycles. The van der Waals surface area contributed by atoms with Gasteiger partial charge in [-0.2, -0.15) is 0 Å². The van der Waals surface area contributed by atoms with E-state index in [0.29, 0.717) is 17.8 Å². The van der Waals surface area contributed by atoms with Crippen LogP contribution in [0.15, 0.2) is 51.7 Å². The molecule has 0 amide bonds. The first-order valence-electron chi connectivity index (χ1n) is 12.2. The molecular weight excluding hydrogens is 404 g/mol. The highest BCUT2D eigenvalue weighted by Gasteiger charge is 2.07. The van der Waals surface area contributed by atoms with Crippen LogP contribution < -0.4 is 10.4 Å². The summed E-state index contributed by atoms with van der Waals surface area (Å²) in [5.41, 5.74) is -0.0175. The van der Waals surface area contributed by atoms with Crippen molar-refractivity contribution in [2.75, 3.05) is 0 Å². The van der Waals surface area contributed by atoms with Crippen molar-refractivity contribution in [3.8, 4) is 5.75 Å². The normalized spacial score (nSPS) is 12.4. The number of unbranched alkanes of at least 4 members (excludes halogenated alkanes) is 7. The molecule has 5 nitrogen and oxygen atoms in total. The summed E-state index contributed by atoms with van der Waals surface area (Å²) in [5, 5.41) is 10.9. The topological polar surface area (TPSA) is 76.7 Å². The van der Waals surface area contributed by atoms with Gasteiger partial charge >= 0.3 is 11.6 Å². The van der Waals surface area contributed by atoms with Crippen LogP contribution in [0.1, 0.15) is 90.4 Å². The molecule has 1 N–H and O–H groups in total. The molecule has 0 aliphatic rings. The fraction of sp³-hybridized carbons (Fsp3) is 0.556. The summed E-state index contributed by atoms with van der Waals surface area (Å²) in [6.07, 6.45) is 17.1. The number of benzene rings is 1. The lowest BCUT2D eigenvalue weighted by Gasteiger charge is -2.09. The van der Waals surface area contributed by atoms with Gasteiger partial charge in [0, 0.05) is 23.9 Å². The van der Waals surface area contributed by atoms with Crippen LogP contribution in [-0.2, 0) is 4.79 Å². The number of ether oxygens (including phenoxy) is 1. The maximum absolute atomic E-state index is 12.0. The van der Waals surface area contributed by atoms with Crippen LogP contribution in [0.4, 0.5) is 0 Å². The summed E-state index contributed by atoms with van der Waals surface area (Å²) in [4.78, 5) is 23.4. The quantitative estimate of drug-likeness (QED) is 0.103. The minimum absolute atomic E-state index is 0.211. The number of aliphatic hydroxyl groups excluding tert-OH is 1. The summed E-state index contributed by atoms with van der Waals surface area (Å²) >= 11 is 0. The third-order valence-corrected chi connectivity index (χ3v) is 5.55. The molecule has 1 heterocycles. The van der Waals surface area contributed by atoms with E-state index in [0.717, 1.165) is 63.2 Å².